The van der Waals surface area contributed by atoms with Crippen molar-refractivity contribution in [1.29, 1.82) is 5.26 Å². The third-order valence-electron chi connectivity index (χ3n) is 3.45. The second-order valence-electron chi connectivity index (χ2n) is 5.38. The van der Waals surface area contributed by atoms with Crippen LogP contribution in [0.4, 0.5) is 11.4 Å². The van der Waals surface area contributed by atoms with E-state index in [1.165, 1.54) is 6.92 Å². The van der Waals surface area contributed by atoms with Gasteiger partial charge in [-0.3, -0.25) is 9.79 Å². The van der Waals surface area contributed by atoms with Gasteiger partial charge in [0.15, 0.2) is 0 Å². The molecule has 3 rings (SSSR count). The van der Waals surface area contributed by atoms with Gasteiger partial charge in [0, 0.05) is 18.2 Å². The number of rotatable bonds is 4. The van der Waals surface area contributed by atoms with Crippen molar-refractivity contribution in [3.8, 4) is 17.4 Å². The molecular weight excluding hydrogens is 314 g/mol. The van der Waals surface area contributed by atoms with Gasteiger partial charge >= 0.3 is 0 Å². The van der Waals surface area contributed by atoms with Gasteiger partial charge in [0.25, 0.3) is 0 Å². The number of anilines is 1. The van der Waals surface area contributed by atoms with Crippen LogP contribution in [0.25, 0.3) is 11.3 Å². The molecule has 0 aliphatic heterocycles. The fourth-order valence-electron chi connectivity index (χ4n) is 2.26. The summed E-state index contributed by atoms with van der Waals surface area (Å²) in [5.74, 6) is 1.24. The first-order valence-electron chi connectivity index (χ1n) is 7.66. The Kier molecular flexibility index (Phi) is 4.72. The van der Waals surface area contributed by atoms with Gasteiger partial charge < -0.3 is 9.73 Å². The lowest BCUT2D eigenvalue weighted by atomic mass is 10.1. The number of hydrogen-bond donors (Lipinski definition) is 1. The van der Waals surface area contributed by atoms with Crippen molar-refractivity contribution in [2.24, 2.45) is 4.99 Å². The molecule has 122 valence electrons. The molecule has 0 fully saturated rings. The molecule has 0 aliphatic rings. The second kappa shape index (κ2) is 7.28. The molecule has 0 saturated heterocycles. The van der Waals surface area contributed by atoms with Gasteiger partial charge in [-0.15, -0.1) is 0 Å². The van der Waals surface area contributed by atoms with Crippen LogP contribution >= 0.6 is 0 Å². The van der Waals surface area contributed by atoms with Crippen molar-refractivity contribution in [3.05, 3.63) is 72.0 Å². The molecule has 1 N–H and O–H groups in total. The number of benzene rings is 2. The molecule has 2 aromatic carbocycles. The fraction of sp³-hybridized carbons (Fsp3) is 0.0500. The molecule has 5 heteroatoms. The summed E-state index contributed by atoms with van der Waals surface area (Å²) in [6.07, 6.45) is 1.64. The number of nitriles is 1. The Balaban J connectivity index is 1.71. The number of aliphatic imine (C=N–C) groups is 1. The number of nitrogens with one attached hydrogen (secondary N) is 1. The quantitative estimate of drug-likeness (QED) is 0.714. The molecule has 0 aliphatic carbocycles. The smallest absolute Gasteiger partial charge is 0.221 e. The molecule has 25 heavy (non-hydrogen) atoms. The minimum atomic E-state index is -0.109. The number of nitrogens with zero attached hydrogens (tertiary/aromatic N) is 2. The van der Waals surface area contributed by atoms with E-state index in [1.54, 1.807) is 30.5 Å². The Hall–Kier alpha value is -3.65. The summed E-state index contributed by atoms with van der Waals surface area (Å²) in [4.78, 5) is 15.4. The molecule has 1 aromatic heterocycles. The second-order valence-corrected chi connectivity index (χ2v) is 5.38. The van der Waals surface area contributed by atoms with E-state index in [1.807, 2.05) is 36.4 Å². The summed E-state index contributed by atoms with van der Waals surface area (Å²) in [6, 6.07) is 20.2. The van der Waals surface area contributed by atoms with E-state index in [4.69, 9.17) is 9.68 Å². The van der Waals surface area contributed by atoms with E-state index in [-0.39, 0.29) is 5.91 Å². The van der Waals surface area contributed by atoms with Gasteiger partial charge in [-0.05, 0) is 60.7 Å². The minimum Gasteiger partial charge on any atom is -0.455 e. The van der Waals surface area contributed by atoms with E-state index in [9.17, 15) is 4.79 Å². The van der Waals surface area contributed by atoms with Crippen LogP contribution in [0.3, 0.4) is 0 Å². The predicted octanol–water partition coefficient (Wildman–Crippen LogP) is 4.53. The van der Waals surface area contributed by atoms with Crippen molar-refractivity contribution < 1.29 is 9.21 Å². The first-order chi connectivity index (χ1) is 12.1. The number of carbonyl (C=O) groups excluding carboxylic acids is 1. The topological polar surface area (TPSA) is 78.4 Å². The Morgan fingerprint density at radius 2 is 1.80 bits per heavy atom. The first kappa shape index (κ1) is 16.2. The zero-order valence-electron chi connectivity index (χ0n) is 13.6. The van der Waals surface area contributed by atoms with Gasteiger partial charge in [-0.2, -0.15) is 5.26 Å². The molecule has 1 amide bonds. The minimum absolute atomic E-state index is 0.109. The lowest BCUT2D eigenvalue weighted by Crippen LogP contribution is -2.04. The Labute approximate surface area is 145 Å². The number of hydrogen-bond acceptors (Lipinski definition) is 4. The van der Waals surface area contributed by atoms with E-state index < -0.39 is 0 Å². The molecule has 0 saturated carbocycles. The SMILES string of the molecule is CC(=O)Nc1ccc(N=Cc2ccc(-c3ccc(C#N)cc3)o2)cc1. The number of amides is 1. The normalized spacial score (nSPS) is 10.6. The molecule has 0 unspecified atom stereocenters. The van der Waals surface area contributed by atoms with Crippen LogP contribution in [-0.4, -0.2) is 12.1 Å². The van der Waals surface area contributed by atoms with Gasteiger partial charge in [0.2, 0.25) is 5.91 Å². The standard InChI is InChI=1S/C20H15N3O2/c1-14(24)23-18-8-6-17(7-9-18)22-13-19-10-11-20(25-19)16-4-2-15(12-21)3-5-16/h2-11,13H,1H3,(H,23,24). The third-order valence-corrected chi connectivity index (χ3v) is 3.45. The average molecular weight is 329 g/mol. The molecule has 0 radical (unpaired) electrons. The van der Waals surface area contributed by atoms with E-state index >= 15 is 0 Å². The maximum atomic E-state index is 11.0. The van der Waals surface area contributed by atoms with Crippen molar-refractivity contribution in [3.63, 3.8) is 0 Å². The van der Waals surface area contributed by atoms with Crippen molar-refractivity contribution in [2.75, 3.05) is 5.32 Å². The van der Waals surface area contributed by atoms with Gasteiger partial charge in [0.05, 0.1) is 23.5 Å². The van der Waals surface area contributed by atoms with Crippen LogP contribution in [0.5, 0.6) is 0 Å². The van der Waals surface area contributed by atoms with E-state index in [2.05, 4.69) is 16.4 Å². The molecule has 0 spiro atoms. The summed E-state index contributed by atoms with van der Waals surface area (Å²) in [7, 11) is 0. The van der Waals surface area contributed by atoms with Crippen molar-refractivity contribution in [2.45, 2.75) is 6.92 Å². The van der Waals surface area contributed by atoms with Gasteiger partial charge in [0.1, 0.15) is 11.5 Å². The largest absolute Gasteiger partial charge is 0.455 e. The van der Waals surface area contributed by atoms with Crippen LogP contribution in [0.15, 0.2) is 70.1 Å². The highest BCUT2D eigenvalue weighted by molar-refractivity contribution is 5.89. The van der Waals surface area contributed by atoms with E-state index in [0.29, 0.717) is 17.1 Å². The van der Waals surface area contributed by atoms with Crippen LogP contribution in [0, 0.1) is 11.3 Å². The van der Waals surface area contributed by atoms with Crippen LogP contribution < -0.4 is 5.32 Å². The van der Waals surface area contributed by atoms with Crippen molar-refractivity contribution >= 4 is 23.5 Å². The Bertz CT molecular complexity index is 946. The lowest BCUT2D eigenvalue weighted by Gasteiger charge is -2.01. The van der Waals surface area contributed by atoms with Crippen LogP contribution in [-0.2, 0) is 4.79 Å². The zero-order chi connectivity index (χ0) is 17.6. The molecule has 1 heterocycles. The molecular formula is C20H15N3O2. The Morgan fingerprint density at radius 3 is 2.44 bits per heavy atom. The highest BCUT2D eigenvalue weighted by Gasteiger charge is 2.03. The van der Waals surface area contributed by atoms with Crippen molar-refractivity contribution in [1.82, 2.24) is 0 Å². The lowest BCUT2D eigenvalue weighted by molar-refractivity contribution is -0.114. The zero-order valence-corrected chi connectivity index (χ0v) is 13.6. The summed E-state index contributed by atoms with van der Waals surface area (Å²) in [5.41, 5.74) is 3.00. The molecule has 0 atom stereocenters. The summed E-state index contributed by atoms with van der Waals surface area (Å²) >= 11 is 0. The Morgan fingerprint density at radius 1 is 1.08 bits per heavy atom. The molecule has 3 aromatic rings. The van der Waals surface area contributed by atoms with Gasteiger partial charge in [-0.25, -0.2) is 0 Å². The fourth-order valence-corrected chi connectivity index (χ4v) is 2.26. The first-order valence-corrected chi connectivity index (χ1v) is 7.66. The molecule has 0 bridgehead atoms. The van der Waals surface area contributed by atoms with Crippen LogP contribution in [0.2, 0.25) is 0 Å². The third kappa shape index (κ3) is 4.21. The highest BCUT2D eigenvalue weighted by atomic mass is 16.3. The summed E-state index contributed by atoms with van der Waals surface area (Å²) < 4.78 is 5.75. The summed E-state index contributed by atoms with van der Waals surface area (Å²) in [6.45, 7) is 1.47. The molecule has 5 nitrogen and oxygen atoms in total. The maximum Gasteiger partial charge on any atom is 0.221 e. The van der Waals surface area contributed by atoms with Gasteiger partial charge in [-0.1, -0.05) is 0 Å². The average Bonchev–Trinajstić information content (AvgIpc) is 3.10. The predicted molar refractivity (Wildman–Crippen MR) is 96.9 cm³/mol. The number of furan rings is 1. The van der Waals surface area contributed by atoms with E-state index in [0.717, 1.165) is 16.9 Å². The maximum absolute atomic E-state index is 11.0. The van der Waals surface area contributed by atoms with Crippen LogP contribution in [0.1, 0.15) is 18.2 Å². The number of carbonyl (C=O) groups is 1. The highest BCUT2D eigenvalue weighted by Crippen LogP contribution is 2.22. The monoisotopic (exact) mass is 329 g/mol. The summed E-state index contributed by atoms with van der Waals surface area (Å²) in [5, 5.41) is 11.5.